The zero-order valence-corrected chi connectivity index (χ0v) is 9.36. The van der Waals surface area contributed by atoms with Gasteiger partial charge in [-0.15, -0.1) is 0 Å². The van der Waals surface area contributed by atoms with Crippen molar-refractivity contribution in [2.45, 2.75) is 12.8 Å². The minimum absolute atomic E-state index is 0.555. The van der Waals surface area contributed by atoms with E-state index in [4.69, 9.17) is 5.73 Å². The monoisotopic (exact) mass is 286 g/mol. The molecular weight excluding hydrogens is 275 g/mol. The van der Waals surface area contributed by atoms with Gasteiger partial charge in [-0.1, -0.05) is 0 Å². The first-order valence-electron chi connectivity index (χ1n) is 4.35. The third-order valence-corrected chi connectivity index (χ3v) is 2.80. The highest BCUT2D eigenvalue weighted by atomic mass is 127. The van der Waals surface area contributed by atoms with Gasteiger partial charge >= 0.3 is 0 Å². The summed E-state index contributed by atoms with van der Waals surface area (Å²) in [5.74, 6) is 1.35. The van der Waals surface area contributed by atoms with Gasteiger partial charge in [0.25, 0.3) is 0 Å². The predicted octanol–water partition coefficient (Wildman–Crippen LogP) is 2.69. The van der Waals surface area contributed by atoms with Crippen molar-refractivity contribution in [2.24, 2.45) is 16.6 Å². The van der Waals surface area contributed by atoms with E-state index in [1.807, 2.05) is 24.3 Å². The maximum absolute atomic E-state index is 5.80. The molecule has 2 N–H and O–H groups in total. The Labute approximate surface area is 91.4 Å². The standard InChI is InChI=1S/C10H11IN2/c11-8-3-5-9(6-4-8)13-10(12)7-1-2-7/h3-7H,1-2H2,(H2,12,13). The van der Waals surface area contributed by atoms with E-state index in [0.717, 1.165) is 11.5 Å². The second kappa shape index (κ2) is 3.65. The van der Waals surface area contributed by atoms with Crippen LogP contribution in [0.4, 0.5) is 5.69 Å². The fourth-order valence-electron chi connectivity index (χ4n) is 1.14. The highest BCUT2D eigenvalue weighted by Crippen LogP contribution is 2.30. The summed E-state index contributed by atoms with van der Waals surface area (Å²) in [5.41, 5.74) is 6.76. The van der Waals surface area contributed by atoms with Crippen molar-refractivity contribution in [3.05, 3.63) is 27.8 Å². The summed E-state index contributed by atoms with van der Waals surface area (Å²) >= 11 is 2.28. The zero-order valence-electron chi connectivity index (χ0n) is 7.20. The largest absolute Gasteiger partial charge is 0.387 e. The summed E-state index contributed by atoms with van der Waals surface area (Å²) in [5, 5.41) is 0. The number of halogens is 1. The van der Waals surface area contributed by atoms with Gasteiger partial charge in [-0.3, -0.25) is 0 Å². The molecule has 0 aromatic heterocycles. The molecule has 1 saturated carbocycles. The van der Waals surface area contributed by atoms with Crippen molar-refractivity contribution in [2.75, 3.05) is 0 Å². The molecule has 1 aromatic carbocycles. The molecule has 0 unspecified atom stereocenters. The summed E-state index contributed by atoms with van der Waals surface area (Å²) in [7, 11) is 0. The van der Waals surface area contributed by atoms with E-state index in [1.165, 1.54) is 16.4 Å². The maximum Gasteiger partial charge on any atom is 0.103 e. The van der Waals surface area contributed by atoms with Crippen molar-refractivity contribution < 1.29 is 0 Å². The maximum atomic E-state index is 5.80. The first-order chi connectivity index (χ1) is 6.25. The smallest absolute Gasteiger partial charge is 0.103 e. The Bertz CT molecular complexity index is 325. The minimum atomic E-state index is 0.555. The molecule has 1 fully saturated rings. The van der Waals surface area contributed by atoms with Crippen LogP contribution < -0.4 is 5.73 Å². The summed E-state index contributed by atoms with van der Waals surface area (Å²) in [6.45, 7) is 0. The Morgan fingerprint density at radius 3 is 2.46 bits per heavy atom. The van der Waals surface area contributed by atoms with Gasteiger partial charge in [0.15, 0.2) is 0 Å². The van der Waals surface area contributed by atoms with Crippen LogP contribution in [-0.2, 0) is 0 Å². The molecule has 1 aliphatic carbocycles. The molecule has 1 aliphatic rings. The predicted molar refractivity (Wildman–Crippen MR) is 63.2 cm³/mol. The molecule has 0 spiro atoms. The van der Waals surface area contributed by atoms with Gasteiger partial charge in [0.1, 0.15) is 5.84 Å². The van der Waals surface area contributed by atoms with E-state index in [0.29, 0.717) is 5.92 Å². The van der Waals surface area contributed by atoms with Crippen molar-refractivity contribution >= 4 is 34.1 Å². The van der Waals surface area contributed by atoms with Gasteiger partial charge in [-0.25, -0.2) is 4.99 Å². The molecule has 0 saturated heterocycles. The zero-order chi connectivity index (χ0) is 9.26. The second-order valence-electron chi connectivity index (χ2n) is 3.29. The molecule has 13 heavy (non-hydrogen) atoms. The third-order valence-electron chi connectivity index (χ3n) is 2.08. The van der Waals surface area contributed by atoms with E-state index in [9.17, 15) is 0 Å². The fraction of sp³-hybridized carbons (Fsp3) is 0.300. The van der Waals surface area contributed by atoms with Gasteiger partial charge < -0.3 is 5.73 Å². The summed E-state index contributed by atoms with van der Waals surface area (Å²) in [6, 6.07) is 8.08. The molecule has 0 amide bonds. The lowest BCUT2D eigenvalue weighted by Gasteiger charge is -1.97. The van der Waals surface area contributed by atoms with Gasteiger partial charge in [0.2, 0.25) is 0 Å². The average Bonchev–Trinajstić information content (AvgIpc) is 2.91. The Morgan fingerprint density at radius 2 is 1.92 bits per heavy atom. The molecule has 0 atom stereocenters. The number of aliphatic imine (C=N–C) groups is 1. The number of amidine groups is 1. The highest BCUT2D eigenvalue weighted by molar-refractivity contribution is 14.1. The van der Waals surface area contributed by atoms with Crippen molar-refractivity contribution in [3.63, 3.8) is 0 Å². The average molecular weight is 286 g/mol. The van der Waals surface area contributed by atoms with Gasteiger partial charge in [-0.2, -0.15) is 0 Å². The minimum Gasteiger partial charge on any atom is -0.387 e. The molecule has 3 heteroatoms. The van der Waals surface area contributed by atoms with E-state index in [2.05, 4.69) is 27.6 Å². The fourth-order valence-corrected chi connectivity index (χ4v) is 1.49. The molecule has 0 heterocycles. The summed E-state index contributed by atoms with van der Waals surface area (Å²) < 4.78 is 1.22. The lowest BCUT2D eigenvalue weighted by Crippen LogP contribution is -2.12. The number of rotatable bonds is 2. The normalized spacial score (nSPS) is 17.5. The molecule has 68 valence electrons. The molecule has 2 nitrogen and oxygen atoms in total. The lowest BCUT2D eigenvalue weighted by atomic mass is 10.3. The van der Waals surface area contributed by atoms with Crippen LogP contribution in [0.3, 0.4) is 0 Å². The van der Waals surface area contributed by atoms with Crippen LogP contribution in [0.1, 0.15) is 12.8 Å². The van der Waals surface area contributed by atoms with E-state index in [-0.39, 0.29) is 0 Å². The van der Waals surface area contributed by atoms with Crippen LogP contribution in [0.25, 0.3) is 0 Å². The molecule has 0 radical (unpaired) electrons. The van der Waals surface area contributed by atoms with E-state index >= 15 is 0 Å². The van der Waals surface area contributed by atoms with Crippen LogP contribution >= 0.6 is 22.6 Å². The Hall–Kier alpha value is -0.580. The quantitative estimate of drug-likeness (QED) is 0.506. The lowest BCUT2D eigenvalue weighted by molar-refractivity contribution is 1.15. The Kier molecular flexibility index (Phi) is 2.53. The number of benzene rings is 1. The van der Waals surface area contributed by atoms with Crippen LogP contribution in [-0.4, -0.2) is 5.84 Å². The molecule has 0 aliphatic heterocycles. The highest BCUT2D eigenvalue weighted by Gasteiger charge is 2.25. The van der Waals surface area contributed by atoms with Crippen LogP contribution in [0.15, 0.2) is 29.3 Å². The van der Waals surface area contributed by atoms with Crippen LogP contribution in [0.5, 0.6) is 0 Å². The number of nitrogens with zero attached hydrogens (tertiary/aromatic N) is 1. The third kappa shape index (κ3) is 2.43. The van der Waals surface area contributed by atoms with Crippen LogP contribution in [0.2, 0.25) is 0 Å². The molecular formula is C10H11IN2. The number of hydrogen-bond acceptors (Lipinski definition) is 1. The number of nitrogens with two attached hydrogens (primary N) is 1. The van der Waals surface area contributed by atoms with E-state index < -0.39 is 0 Å². The van der Waals surface area contributed by atoms with Gasteiger partial charge in [-0.05, 0) is 59.7 Å². The molecule has 1 aromatic rings. The molecule has 2 rings (SSSR count). The van der Waals surface area contributed by atoms with Crippen molar-refractivity contribution in [1.82, 2.24) is 0 Å². The molecule has 0 bridgehead atoms. The first-order valence-corrected chi connectivity index (χ1v) is 5.43. The van der Waals surface area contributed by atoms with Gasteiger partial charge in [0, 0.05) is 9.49 Å². The summed E-state index contributed by atoms with van der Waals surface area (Å²) in [6.07, 6.45) is 2.42. The van der Waals surface area contributed by atoms with Crippen molar-refractivity contribution in [3.8, 4) is 0 Å². The number of hydrogen-bond donors (Lipinski definition) is 1. The Morgan fingerprint density at radius 1 is 1.31 bits per heavy atom. The van der Waals surface area contributed by atoms with E-state index in [1.54, 1.807) is 0 Å². The van der Waals surface area contributed by atoms with Gasteiger partial charge in [0.05, 0.1) is 5.69 Å². The summed E-state index contributed by atoms with van der Waals surface area (Å²) in [4.78, 5) is 4.35. The van der Waals surface area contributed by atoms with Crippen LogP contribution in [0, 0.1) is 9.49 Å². The van der Waals surface area contributed by atoms with Crippen molar-refractivity contribution in [1.29, 1.82) is 0 Å². The first kappa shape index (κ1) is 8.99. The second-order valence-corrected chi connectivity index (χ2v) is 4.53. The SMILES string of the molecule is NC(=Nc1ccc(I)cc1)C1CC1. The Balaban J connectivity index is 2.16. The topological polar surface area (TPSA) is 38.4 Å².